The minimum absolute atomic E-state index is 0.419. The van der Waals surface area contributed by atoms with E-state index >= 15 is 0 Å². The summed E-state index contributed by atoms with van der Waals surface area (Å²) in [6.07, 6.45) is 3.64. The van der Waals surface area contributed by atoms with Gasteiger partial charge in [-0.05, 0) is 37.3 Å². The molecule has 0 aliphatic heterocycles. The van der Waals surface area contributed by atoms with E-state index in [-0.39, 0.29) is 0 Å². The van der Waals surface area contributed by atoms with Crippen molar-refractivity contribution in [2.24, 2.45) is 0 Å². The number of benzene rings is 2. The third-order valence-electron chi connectivity index (χ3n) is 2.76. The maximum atomic E-state index is 12.0. The number of hydrogen-bond donors (Lipinski definition) is 0. The second-order valence-electron chi connectivity index (χ2n) is 4.29. The second-order valence-corrected chi connectivity index (χ2v) is 4.29. The smallest absolute Gasteiger partial charge is 0.343 e. The van der Waals surface area contributed by atoms with Crippen LogP contribution in [-0.4, -0.2) is 12.3 Å². The summed E-state index contributed by atoms with van der Waals surface area (Å²) in [4.78, 5) is 22.4. The number of hydrogen-bond acceptors (Lipinski definition) is 3. The third-order valence-corrected chi connectivity index (χ3v) is 2.76. The zero-order valence-corrected chi connectivity index (χ0v) is 11.1. The van der Waals surface area contributed by atoms with Crippen molar-refractivity contribution < 1.29 is 14.3 Å². The number of carbonyl (C=O) groups excluding carboxylic acids is 2. The predicted octanol–water partition coefficient (Wildman–Crippen LogP) is 3.43. The van der Waals surface area contributed by atoms with Gasteiger partial charge in [0.15, 0.2) is 0 Å². The molecule has 0 saturated heterocycles. The summed E-state index contributed by atoms with van der Waals surface area (Å²) in [7, 11) is 0. The van der Waals surface area contributed by atoms with Crippen molar-refractivity contribution in [2.45, 2.75) is 6.92 Å². The molecule has 0 fully saturated rings. The zero-order valence-electron chi connectivity index (χ0n) is 11.1. The van der Waals surface area contributed by atoms with E-state index in [9.17, 15) is 9.59 Å². The van der Waals surface area contributed by atoms with E-state index in [0.717, 1.165) is 5.56 Å². The Labute approximate surface area is 117 Å². The second kappa shape index (κ2) is 6.48. The minimum Gasteiger partial charge on any atom is -0.422 e. The molecule has 3 heteroatoms. The minimum atomic E-state index is -0.419. The molecule has 20 heavy (non-hydrogen) atoms. The molecule has 0 radical (unpaired) electrons. The maximum Gasteiger partial charge on any atom is 0.343 e. The lowest BCUT2D eigenvalue weighted by molar-refractivity contribution is -0.104. The molecule has 0 unspecified atom stereocenters. The monoisotopic (exact) mass is 266 g/mol. The highest BCUT2D eigenvalue weighted by atomic mass is 16.5. The molecule has 0 aliphatic rings. The van der Waals surface area contributed by atoms with Crippen LogP contribution in [0.5, 0.6) is 5.75 Å². The number of rotatable bonds is 4. The van der Waals surface area contributed by atoms with E-state index in [1.165, 1.54) is 6.08 Å². The summed E-state index contributed by atoms with van der Waals surface area (Å²) in [6, 6.07) is 14.2. The normalized spacial score (nSPS) is 10.4. The molecule has 2 aromatic rings. The molecule has 0 bridgehead atoms. The number of esters is 1. The topological polar surface area (TPSA) is 43.4 Å². The van der Waals surface area contributed by atoms with Crippen LogP contribution < -0.4 is 4.74 Å². The van der Waals surface area contributed by atoms with Crippen LogP contribution in [0.15, 0.2) is 54.6 Å². The largest absolute Gasteiger partial charge is 0.422 e. The Hall–Kier alpha value is -2.68. The molecule has 0 aromatic heterocycles. The lowest BCUT2D eigenvalue weighted by atomic mass is 10.1. The molecular formula is C17H14O3. The summed E-state index contributed by atoms with van der Waals surface area (Å²) in [5.74, 6) is 0.00753. The van der Waals surface area contributed by atoms with Crippen LogP contribution in [0.4, 0.5) is 0 Å². The molecule has 0 amide bonds. The summed E-state index contributed by atoms with van der Waals surface area (Å²) in [5.41, 5.74) is 2.25. The van der Waals surface area contributed by atoms with Gasteiger partial charge >= 0.3 is 5.97 Å². The number of aryl methyl sites for hydroxylation is 1. The van der Waals surface area contributed by atoms with E-state index in [1.54, 1.807) is 36.4 Å². The van der Waals surface area contributed by atoms with Gasteiger partial charge in [0.25, 0.3) is 0 Å². The van der Waals surface area contributed by atoms with Crippen molar-refractivity contribution >= 4 is 18.3 Å². The molecule has 0 heterocycles. The number of allylic oxidation sites excluding steroid dienone is 1. The Morgan fingerprint density at radius 3 is 2.45 bits per heavy atom. The fourth-order valence-electron chi connectivity index (χ4n) is 1.70. The van der Waals surface area contributed by atoms with Crippen molar-refractivity contribution in [3.05, 3.63) is 71.3 Å². The van der Waals surface area contributed by atoms with E-state index < -0.39 is 5.97 Å². The standard InChI is InChI=1S/C17H14O3/c1-13-8-10-15(11-9-13)17(19)20-16-7-3-2-5-14(16)6-4-12-18/h2-12H,1H3/b6-4+. The van der Waals surface area contributed by atoms with Gasteiger partial charge in [0, 0.05) is 5.56 Å². The molecule has 0 spiro atoms. The van der Waals surface area contributed by atoms with Crippen LogP contribution >= 0.6 is 0 Å². The molecular weight excluding hydrogens is 252 g/mol. The average Bonchev–Trinajstić information content (AvgIpc) is 2.47. The van der Waals surface area contributed by atoms with Gasteiger partial charge in [-0.3, -0.25) is 4.79 Å². The van der Waals surface area contributed by atoms with Gasteiger partial charge in [-0.25, -0.2) is 4.79 Å². The SMILES string of the molecule is Cc1ccc(C(=O)Oc2ccccc2/C=C/C=O)cc1. The molecule has 3 nitrogen and oxygen atoms in total. The van der Waals surface area contributed by atoms with Crippen LogP contribution in [-0.2, 0) is 4.79 Å². The van der Waals surface area contributed by atoms with E-state index in [1.807, 2.05) is 25.1 Å². The van der Waals surface area contributed by atoms with Crippen molar-refractivity contribution in [2.75, 3.05) is 0 Å². The average molecular weight is 266 g/mol. The molecule has 100 valence electrons. The molecule has 0 N–H and O–H groups in total. The van der Waals surface area contributed by atoms with E-state index in [2.05, 4.69) is 0 Å². The molecule has 2 rings (SSSR count). The van der Waals surface area contributed by atoms with Crippen molar-refractivity contribution in [3.63, 3.8) is 0 Å². The van der Waals surface area contributed by atoms with E-state index in [4.69, 9.17) is 4.74 Å². The molecule has 0 atom stereocenters. The fraction of sp³-hybridized carbons (Fsp3) is 0.0588. The lowest BCUT2D eigenvalue weighted by Gasteiger charge is -2.07. The number of para-hydroxylation sites is 1. The van der Waals surface area contributed by atoms with E-state index in [0.29, 0.717) is 23.2 Å². The van der Waals surface area contributed by atoms with Crippen LogP contribution in [0.1, 0.15) is 21.5 Å². The van der Waals surface area contributed by atoms with Gasteiger partial charge in [0.05, 0.1) is 5.56 Å². The van der Waals surface area contributed by atoms with Gasteiger partial charge in [-0.15, -0.1) is 0 Å². The zero-order chi connectivity index (χ0) is 14.4. The maximum absolute atomic E-state index is 12.0. The molecule has 0 saturated carbocycles. The number of aldehydes is 1. The summed E-state index contributed by atoms with van der Waals surface area (Å²) in [5, 5.41) is 0. The van der Waals surface area contributed by atoms with Gasteiger partial charge in [0.1, 0.15) is 12.0 Å². The van der Waals surface area contributed by atoms with Gasteiger partial charge in [-0.2, -0.15) is 0 Å². The van der Waals surface area contributed by atoms with Crippen molar-refractivity contribution in [3.8, 4) is 5.75 Å². The Morgan fingerprint density at radius 2 is 1.75 bits per heavy atom. The van der Waals surface area contributed by atoms with Crippen LogP contribution in [0.2, 0.25) is 0 Å². The highest BCUT2D eigenvalue weighted by molar-refractivity contribution is 5.91. The quantitative estimate of drug-likeness (QED) is 0.368. The summed E-state index contributed by atoms with van der Waals surface area (Å²) >= 11 is 0. The predicted molar refractivity (Wildman–Crippen MR) is 77.7 cm³/mol. The van der Waals surface area contributed by atoms with Crippen molar-refractivity contribution in [1.82, 2.24) is 0 Å². The Balaban J connectivity index is 2.21. The number of ether oxygens (including phenoxy) is 1. The first kappa shape index (κ1) is 13.7. The third kappa shape index (κ3) is 3.42. The first-order valence-corrected chi connectivity index (χ1v) is 6.20. The van der Waals surface area contributed by atoms with Gasteiger partial charge in [0.2, 0.25) is 0 Å². The highest BCUT2D eigenvalue weighted by Gasteiger charge is 2.09. The van der Waals surface area contributed by atoms with Crippen LogP contribution in [0.3, 0.4) is 0 Å². The van der Waals surface area contributed by atoms with Gasteiger partial charge < -0.3 is 4.74 Å². The van der Waals surface area contributed by atoms with Crippen molar-refractivity contribution in [1.29, 1.82) is 0 Å². The molecule has 0 aliphatic carbocycles. The Morgan fingerprint density at radius 1 is 1.05 bits per heavy atom. The Bertz CT molecular complexity index is 640. The summed E-state index contributed by atoms with van der Waals surface area (Å²) < 4.78 is 5.36. The van der Waals surface area contributed by atoms with Gasteiger partial charge in [-0.1, -0.05) is 35.9 Å². The first-order valence-electron chi connectivity index (χ1n) is 6.20. The van der Waals surface area contributed by atoms with Crippen LogP contribution in [0.25, 0.3) is 6.08 Å². The fourth-order valence-corrected chi connectivity index (χ4v) is 1.70. The lowest BCUT2D eigenvalue weighted by Crippen LogP contribution is -2.09. The Kier molecular flexibility index (Phi) is 4.45. The first-order chi connectivity index (χ1) is 9.70. The number of carbonyl (C=O) groups is 2. The summed E-state index contributed by atoms with van der Waals surface area (Å²) in [6.45, 7) is 1.95. The van der Waals surface area contributed by atoms with Crippen LogP contribution in [0, 0.1) is 6.92 Å². The highest BCUT2D eigenvalue weighted by Crippen LogP contribution is 2.20. The molecule has 2 aromatic carbocycles.